The normalized spacial score (nSPS) is 10.7. The number of aryl methyl sites for hydroxylation is 2. The van der Waals surface area contributed by atoms with Crippen molar-refractivity contribution in [2.24, 2.45) is 0 Å². The van der Waals surface area contributed by atoms with E-state index in [2.05, 4.69) is 44.6 Å². The number of fused-ring (bicyclic) bond motifs is 1. The summed E-state index contributed by atoms with van der Waals surface area (Å²) in [6.07, 6.45) is 1.71. The maximum Gasteiger partial charge on any atom is 0.274 e. The molecular weight excluding hydrogens is 362 g/mol. The van der Waals surface area contributed by atoms with Crippen LogP contribution in [0.4, 0.5) is 11.6 Å². The van der Waals surface area contributed by atoms with Crippen LogP contribution in [0.2, 0.25) is 0 Å². The molecule has 0 unspecified atom stereocenters. The van der Waals surface area contributed by atoms with Crippen molar-refractivity contribution in [3.8, 4) is 0 Å². The number of para-hydroxylation sites is 1. The van der Waals surface area contributed by atoms with E-state index in [0.717, 1.165) is 16.5 Å². The molecule has 0 aliphatic rings. The molecule has 0 fully saturated rings. The summed E-state index contributed by atoms with van der Waals surface area (Å²) in [5, 5.41) is 7.08. The minimum atomic E-state index is -0.299. The van der Waals surface area contributed by atoms with Crippen LogP contribution in [0, 0.1) is 13.8 Å². The first-order valence-electron chi connectivity index (χ1n) is 9.39. The van der Waals surface area contributed by atoms with Crippen LogP contribution >= 0.6 is 0 Å². The smallest absolute Gasteiger partial charge is 0.274 e. The fraction of sp³-hybridized carbons (Fsp3) is 0.130. The van der Waals surface area contributed by atoms with Crippen molar-refractivity contribution in [3.05, 3.63) is 89.4 Å². The second kappa shape index (κ2) is 8.06. The number of carbonyl (C=O) groups is 1. The highest BCUT2D eigenvalue weighted by Crippen LogP contribution is 2.21. The zero-order chi connectivity index (χ0) is 20.2. The van der Waals surface area contributed by atoms with Gasteiger partial charge in [0.2, 0.25) is 5.95 Å². The molecule has 4 rings (SSSR count). The Morgan fingerprint density at radius 1 is 0.966 bits per heavy atom. The van der Waals surface area contributed by atoms with Crippen molar-refractivity contribution in [3.63, 3.8) is 0 Å². The lowest BCUT2D eigenvalue weighted by atomic mass is 10.1. The number of amides is 1. The Hall–Kier alpha value is -3.80. The Morgan fingerprint density at radius 2 is 1.79 bits per heavy atom. The van der Waals surface area contributed by atoms with Gasteiger partial charge in [-0.15, -0.1) is 0 Å². The summed E-state index contributed by atoms with van der Waals surface area (Å²) in [5.74, 6) is 0.125. The predicted octanol–water partition coefficient (Wildman–Crippen LogP) is 4.51. The van der Waals surface area contributed by atoms with Crippen LogP contribution in [0.25, 0.3) is 10.9 Å². The fourth-order valence-corrected chi connectivity index (χ4v) is 3.16. The summed E-state index contributed by atoms with van der Waals surface area (Å²) in [4.78, 5) is 26.0. The Labute approximate surface area is 169 Å². The van der Waals surface area contributed by atoms with Crippen LogP contribution in [-0.4, -0.2) is 20.9 Å². The third-order valence-corrected chi connectivity index (χ3v) is 4.50. The van der Waals surface area contributed by atoms with E-state index in [4.69, 9.17) is 0 Å². The summed E-state index contributed by atoms with van der Waals surface area (Å²) in [7, 11) is 0. The number of pyridine rings is 1. The van der Waals surface area contributed by atoms with Crippen LogP contribution in [0.3, 0.4) is 0 Å². The number of carbonyl (C=O) groups excluding carboxylic acids is 1. The summed E-state index contributed by atoms with van der Waals surface area (Å²) < 4.78 is 0. The average Bonchev–Trinajstić information content (AvgIpc) is 2.72. The minimum Gasteiger partial charge on any atom is -0.350 e. The molecule has 2 aromatic heterocycles. The number of nitrogens with one attached hydrogen (secondary N) is 2. The summed E-state index contributed by atoms with van der Waals surface area (Å²) in [5.41, 5.74) is 4.73. The molecule has 0 saturated heterocycles. The molecule has 2 aromatic carbocycles. The first-order valence-corrected chi connectivity index (χ1v) is 9.39. The van der Waals surface area contributed by atoms with Gasteiger partial charge in [-0.2, -0.15) is 0 Å². The van der Waals surface area contributed by atoms with Gasteiger partial charge >= 0.3 is 0 Å². The van der Waals surface area contributed by atoms with Gasteiger partial charge in [0.15, 0.2) is 0 Å². The third-order valence-electron chi connectivity index (χ3n) is 4.50. The SMILES string of the molecule is Cc1cccc(CNc2nc(C)cc(C(=O)Nc3cccc4cccnc34)n2)c1. The number of nitrogens with zero attached hydrogens (tertiary/aromatic N) is 3. The monoisotopic (exact) mass is 383 g/mol. The van der Waals surface area contributed by atoms with Crippen LogP contribution in [-0.2, 0) is 6.54 Å². The van der Waals surface area contributed by atoms with Crippen LogP contribution in [0.1, 0.15) is 27.3 Å². The zero-order valence-electron chi connectivity index (χ0n) is 16.3. The highest BCUT2D eigenvalue weighted by molar-refractivity contribution is 6.07. The first kappa shape index (κ1) is 18.6. The van der Waals surface area contributed by atoms with Crippen molar-refractivity contribution in [1.29, 1.82) is 0 Å². The Bertz CT molecular complexity index is 1180. The molecule has 0 radical (unpaired) electrons. The number of anilines is 2. The molecule has 0 atom stereocenters. The number of benzene rings is 2. The van der Waals surface area contributed by atoms with Crippen molar-refractivity contribution < 1.29 is 4.79 Å². The van der Waals surface area contributed by atoms with Gasteiger partial charge in [-0.3, -0.25) is 9.78 Å². The van der Waals surface area contributed by atoms with Gasteiger partial charge in [-0.25, -0.2) is 9.97 Å². The van der Waals surface area contributed by atoms with Crippen LogP contribution < -0.4 is 10.6 Å². The number of hydrogen-bond acceptors (Lipinski definition) is 5. The molecule has 0 aliphatic carbocycles. The van der Waals surface area contributed by atoms with Crippen molar-refractivity contribution in [2.75, 3.05) is 10.6 Å². The Balaban J connectivity index is 1.54. The van der Waals surface area contributed by atoms with Gasteiger partial charge in [-0.1, -0.05) is 48.0 Å². The second-order valence-corrected chi connectivity index (χ2v) is 6.90. The molecule has 2 N–H and O–H groups in total. The molecule has 0 aliphatic heterocycles. The number of rotatable bonds is 5. The summed E-state index contributed by atoms with van der Waals surface area (Å²) in [6.45, 7) is 4.48. The Morgan fingerprint density at radius 3 is 2.66 bits per heavy atom. The van der Waals surface area contributed by atoms with E-state index in [1.54, 1.807) is 12.3 Å². The lowest BCUT2D eigenvalue weighted by Crippen LogP contribution is -2.16. The molecule has 29 heavy (non-hydrogen) atoms. The molecule has 6 nitrogen and oxygen atoms in total. The molecule has 0 saturated carbocycles. The number of aromatic nitrogens is 3. The molecule has 0 bridgehead atoms. The average molecular weight is 383 g/mol. The highest BCUT2D eigenvalue weighted by atomic mass is 16.1. The highest BCUT2D eigenvalue weighted by Gasteiger charge is 2.13. The molecule has 2 heterocycles. The quantitative estimate of drug-likeness (QED) is 0.530. The van der Waals surface area contributed by atoms with Gasteiger partial charge in [0.05, 0.1) is 11.2 Å². The van der Waals surface area contributed by atoms with Crippen molar-refractivity contribution in [1.82, 2.24) is 15.0 Å². The largest absolute Gasteiger partial charge is 0.350 e. The van der Waals surface area contributed by atoms with E-state index >= 15 is 0 Å². The maximum absolute atomic E-state index is 12.8. The topological polar surface area (TPSA) is 79.8 Å². The molecule has 6 heteroatoms. The van der Waals surface area contributed by atoms with Gasteiger partial charge in [0.1, 0.15) is 5.69 Å². The third kappa shape index (κ3) is 4.38. The molecule has 0 spiro atoms. The van der Waals surface area contributed by atoms with E-state index in [9.17, 15) is 4.79 Å². The molecule has 144 valence electrons. The zero-order valence-corrected chi connectivity index (χ0v) is 16.3. The maximum atomic E-state index is 12.8. The first-order chi connectivity index (χ1) is 14.1. The summed E-state index contributed by atoms with van der Waals surface area (Å²) >= 11 is 0. The molecule has 4 aromatic rings. The predicted molar refractivity (Wildman–Crippen MR) is 115 cm³/mol. The Kier molecular flexibility index (Phi) is 5.16. The van der Waals surface area contributed by atoms with E-state index in [1.807, 2.05) is 49.4 Å². The van der Waals surface area contributed by atoms with Gasteiger partial charge in [-0.05, 0) is 37.6 Å². The summed E-state index contributed by atoms with van der Waals surface area (Å²) in [6, 6.07) is 19.4. The van der Waals surface area contributed by atoms with Gasteiger partial charge in [0, 0.05) is 23.8 Å². The number of hydrogen-bond donors (Lipinski definition) is 2. The van der Waals surface area contributed by atoms with E-state index < -0.39 is 0 Å². The molecular formula is C23H21N5O. The standard InChI is InChI=1S/C23H21N5O/c1-15-6-3-7-17(12-15)14-25-23-26-16(2)13-20(28-23)22(29)27-19-10-4-8-18-9-5-11-24-21(18)19/h3-13H,14H2,1-2H3,(H,27,29)(H,25,26,28). The van der Waals surface area contributed by atoms with E-state index in [0.29, 0.717) is 29.6 Å². The van der Waals surface area contributed by atoms with Crippen molar-refractivity contribution in [2.45, 2.75) is 20.4 Å². The van der Waals surface area contributed by atoms with Gasteiger partial charge < -0.3 is 10.6 Å². The minimum absolute atomic E-state index is 0.299. The fourth-order valence-electron chi connectivity index (χ4n) is 3.16. The lowest BCUT2D eigenvalue weighted by Gasteiger charge is -2.10. The molecule has 1 amide bonds. The van der Waals surface area contributed by atoms with Crippen molar-refractivity contribution >= 4 is 28.4 Å². The van der Waals surface area contributed by atoms with Gasteiger partial charge in [0.25, 0.3) is 5.91 Å². The van der Waals surface area contributed by atoms with E-state index in [1.165, 1.54) is 5.56 Å². The van der Waals surface area contributed by atoms with Crippen LogP contribution in [0.15, 0.2) is 66.9 Å². The second-order valence-electron chi connectivity index (χ2n) is 6.90. The lowest BCUT2D eigenvalue weighted by molar-refractivity contribution is 0.102. The van der Waals surface area contributed by atoms with E-state index in [-0.39, 0.29) is 5.91 Å². The van der Waals surface area contributed by atoms with Crippen LogP contribution in [0.5, 0.6) is 0 Å².